The highest BCUT2D eigenvalue weighted by Gasteiger charge is 2.29. The van der Waals surface area contributed by atoms with Crippen molar-refractivity contribution in [1.82, 2.24) is 0 Å². The number of aliphatic hydroxyl groups excluding tert-OH is 2. The van der Waals surface area contributed by atoms with Crippen molar-refractivity contribution in [2.75, 3.05) is 39.6 Å². The topological polar surface area (TPSA) is 231 Å². The number of phosphoric ester groups is 2. The van der Waals surface area contributed by atoms with E-state index in [2.05, 4.69) is 154 Å². The fourth-order valence-corrected chi connectivity index (χ4v) is 12.6. The molecule has 0 rings (SSSR count). The first-order valence-corrected chi connectivity index (χ1v) is 44.5. The largest absolute Gasteiger partial charge is 0.472 e. The zero-order valence-corrected chi connectivity index (χ0v) is 67.9. The smallest absolute Gasteiger partial charge is 0.463 e. The van der Waals surface area contributed by atoms with Crippen LogP contribution in [0.1, 0.15) is 342 Å². The van der Waals surface area contributed by atoms with Gasteiger partial charge in [-0.15, -0.1) is 0 Å². The van der Waals surface area contributed by atoms with Crippen LogP contribution < -0.4 is 0 Å². The van der Waals surface area contributed by atoms with Crippen molar-refractivity contribution in [3.05, 3.63) is 134 Å². The molecule has 0 aliphatic carbocycles. The van der Waals surface area contributed by atoms with Gasteiger partial charge < -0.3 is 34.2 Å². The summed E-state index contributed by atoms with van der Waals surface area (Å²) in [4.78, 5) is 58.8. The van der Waals surface area contributed by atoms with Crippen LogP contribution in [0.4, 0.5) is 0 Å². The number of carbonyl (C=O) groups excluding carboxylic acids is 3. The summed E-state index contributed by atoms with van der Waals surface area (Å²) < 4.78 is 61.2. The summed E-state index contributed by atoms with van der Waals surface area (Å²) in [7, 11) is -9.80. The number of rotatable bonds is 78. The van der Waals surface area contributed by atoms with Crippen molar-refractivity contribution in [1.29, 1.82) is 0 Å². The van der Waals surface area contributed by atoms with Crippen LogP contribution in [0, 0.1) is 0 Å². The van der Waals surface area contributed by atoms with Gasteiger partial charge in [-0.3, -0.25) is 32.5 Å². The Morgan fingerprint density at radius 3 is 0.800 bits per heavy atom. The lowest BCUT2D eigenvalue weighted by Gasteiger charge is -2.21. The number of phosphoric acid groups is 2. The second kappa shape index (κ2) is 79.2. The normalized spacial score (nSPS) is 14.6. The predicted octanol–water partition coefficient (Wildman–Crippen LogP) is 24.7. The standard InChI is InChI=1S/C87H150O16P2/c1-4-7-10-13-16-19-22-25-28-31-34-35-36-37-38-39-40-41-42-43-44-45-48-50-52-55-58-61-64-67-70-73-85(90)97-76-82(88)77-99-104(93,94)100-78-83(89)79-101-105(95,96)102-81-84(103-87(92)75-72-69-66-63-60-57-54-51-47-33-30-27-24-21-18-15-12-9-6-3)80-98-86(91)74-71-68-65-62-59-56-53-49-46-32-29-26-23-20-17-14-11-8-5-2/h7,10,16-21,25-30,34-35,37-38,46-47,49,51,82-84,88-89H,4-6,8-9,11-15,22-24,31-33,36,39-45,48,50,52-81H2,1-3H3,(H,93,94)(H,95,96)/b10-7-,19-16-,20-17-,21-18-,28-25-,29-26-,30-27-,35-34-,38-37-,49-46-,51-47-. The molecule has 0 amide bonds. The zero-order chi connectivity index (χ0) is 76.6. The van der Waals surface area contributed by atoms with E-state index in [1.807, 2.05) is 0 Å². The first-order chi connectivity index (χ1) is 51.2. The molecule has 18 heteroatoms. The van der Waals surface area contributed by atoms with E-state index in [-0.39, 0.29) is 19.3 Å². The van der Waals surface area contributed by atoms with E-state index in [1.54, 1.807) is 0 Å². The minimum absolute atomic E-state index is 0.0851. The highest BCUT2D eigenvalue weighted by molar-refractivity contribution is 7.47. The molecule has 0 saturated heterocycles. The Hall–Kier alpha value is -4.31. The maximum absolute atomic E-state index is 13.0. The molecule has 0 aromatic rings. The molecule has 105 heavy (non-hydrogen) atoms. The molecular weight excluding hydrogens is 1360 g/mol. The number of hydrogen-bond acceptors (Lipinski definition) is 14. The van der Waals surface area contributed by atoms with E-state index < -0.39 is 91.5 Å². The fraction of sp³-hybridized carbons (Fsp3) is 0.713. The monoisotopic (exact) mass is 1510 g/mol. The Bertz CT molecular complexity index is 2440. The summed E-state index contributed by atoms with van der Waals surface area (Å²) in [6.45, 7) is 2.51. The van der Waals surface area contributed by atoms with Crippen molar-refractivity contribution in [3.8, 4) is 0 Å². The number of allylic oxidation sites excluding steroid dienone is 22. The van der Waals surface area contributed by atoms with Gasteiger partial charge in [0, 0.05) is 19.3 Å². The number of ether oxygens (including phenoxy) is 3. The van der Waals surface area contributed by atoms with E-state index in [9.17, 15) is 43.5 Å². The van der Waals surface area contributed by atoms with Crippen LogP contribution in [-0.2, 0) is 55.8 Å². The number of unbranched alkanes of at least 4 members (excludes halogenated alkanes) is 33. The van der Waals surface area contributed by atoms with Crippen LogP contribution in [-0.4, -0.2) is 95.9 Å². The summed E-state index contributed by atoms with van der Waals surface area (Å²) in [6.07, 6.45) is 96.3. The molecule has 16 nitrogen and oxygen atoms in total. The Labute approximate surface area is 639 Å². The number of aliphatic hydroxyl groups is 2. The summed E-state index contributed by atoms with van der Waals surface area (Å²) in [5, 5.41) is 20.7. The summed E-state index contributed by atoms with van der Waals surface area (Å²) in [5.41, 5.74) is 0. The first-order valence-electron chi connectivity index (χ1n) is 41.5. The number of hydrogen-bond donors (Lipinski definition) is 4. The molecule has 0 saturated carbocycles. The molecule has 0 aromatic carbocycles. The SMILES string of the molecule is CC/C=C\C/C=C\C/C=C\C/C=C\C/C=C\CCCCCCCCCCCCCCCCCC(=O)OCC(O)COP(=O)(O)OCC(O)COP(=O)(O)OCC(COC(=O)CCCCCCCC/C=C\C/C=C\C/C=C\CCCCC)OC(=O)CCCCCCCC/C=C\C/C=C\C/C=C\CCCCC. The quantitative estimate of drug-likeness (QED) is 0.0146. The highest BCUT2D eigenvalue weighted by Crippen LogP contribution is 2.45. The van der Waals surface area contributed by atoms with Gasteiger partial charge >= 0.3 is 33.6 Å². The second-order valence-electron chi connectivity index (χ2n) is 27.5. The lowest BCUT2D eigenvalue weighted by molar-refractivity contribution is -0.161. The van der Waals surface area contributed by atoms with Gasteiger partial charge in [-0.2, -0.15) is 0 Å². The van der Waals surface area contributed by atoms with Crippen molar-refractivity contribution in [2.24, 2.45) is 0 Å². The first kappa shape index (κ1) is 101. The Kier molecular flexibility index (Phi) is 76.0. The molecule has 0 aromatic heterocycles. The van der Waals surface area contributed by atoms with E-state index in [0.717, 1.165) is 167 Å². The molecule has 0 fully saturated rings. The van der Waals surface area contributed by atoms with E-state index in [0.29, 0.717) is 19.3 Å². The second-order valence-corrected chi connectivity index (χ2v) is 30.4. The third-order valence-electron chi connectivity index (χ3n) is 17.3. The highest BCUT2D eigenvalue weighted by atomic mass is 31.2. The van der Waals surface area contributed by atoms with E-state index in [4.69, 9.17) is 32.3 Å². The van der Waals surface area contributed by atoms with Crippen LogP contribution in [0.2, 0.25) is 0 Å². The average molecular weight is 1510 g/mol. The van der Waals surface area contributed by atoms with Crippen LogP contribution >= 0.6 is 15.6 Å². The fourth-order valence-electron chi connectivity index (χ4n) is 11.0. The van der Waals surface area contributed by atoms with Gasteiger partial charge in [0.05, 0.1) is 26.4 Å². The summed E-state index contributed by atoms with van der Waals surface area (Å²) >= 11 is 0. The van der Waals surface area contributed by atoms with Gasteiger partial charge in [0.1, 0.15) is 25.4 Å². The minimum atomic E-state index is -4.94. The van der Waals surface area contributed by atoms with Gasteiger partial charge in [0.15, 0.2) is 6.10 Å². The van der Waals surface area contributed by atoms with Crippen molar-refractivity contribution < 1.29 is 75.8 Å². The Balaban J connectivity index is 4.54. The third kappa shape index (κ3) is 80.5. The molecule has 5 atom stereocenters. The minimum Gasteiger partial charge on any atom is -0.463 e. The molecule has 0 aliphatic rings. The third-order valence-corrected chi connectivity index (χ3v) is 19.2. The predicted molar refractivity (Wildman–Crippen MR) is 436 cm³/mol. The molecular formula is C87H150O16P2. The summed E-state index contributed by atoms with van der Waals surface area (Å²) in [5.74, 6) is -1.60. The molecule has 0 spiro atoms. The molecule has 0 bridgehead atoms. The van der Waals surface area contributed by atoms with Crippen molar-refractivity contribution in [3.63, 3.8) is 0 Å². The maximum Gasteiger partial charge on any atom is 0.472 e. The van der Waals surface area contributed by atoms with Crippen molar-refractivity contribution in [2.45, 2.75) is 360 Å². The van der Waals surface area contributed by atoms with Gasteiger partial charge in [0.25, 0.3) is 0 Å². The number of esters is 3. The molecule has 604 valence electrons. The average Bonchev–Trinajstić information content (AvgIpc) is 0.915. The van der Waals surface area contributed by atoms with E-state index in [1.165, 1.54) is 116 Å². The Morgan fingerprint density at radius 2 is 0.505 bits per heavy atom. The van der Waals surface area contributed by atoms with Crippen LogP contribution in [0.5, 0.6) is 0 Å². The Morgan fingerprint density at radius 1 is 0.276 bits per heavy atom. The lowest BCUT2D eigenvalue weighted by Crippen LogP contribution is -2.30. The number of carbonyl (C=O) groups is 3. The van der Waals surface area contributed by atoms with E-state index >= 15 is 0 Å². The molecule has 0 heterocycles. The van der Waals surface area contributed by atoms with Crippen LogP contribution in [0.15, 0.2) is 134 Å². The van der Waals surface area contributed by atoms with Gasteiger partial charge in [-0.05, 0) is 141 Å². The van der Waals surface area contributed by atoms with Crippen LogP contribution in [0.3, 0.4) is 0 Å². The van der Waals surface area contributed by atoms with Gasteiger partial charge in [-0.1, -0.05) is 315 Å². The molecule has 5 unspecified atom stereocenters. The van der Waals surface area contributed by atoms with Gasteiger partial charge in [-0.25, -0.2) is 9.13 Å². The zero-order valence-electron chi connectivity index (χ0n) is 66.1. The van der Waals surface area contributed by atoms with Crippen LogP contribution in [0.25, 0.3) is 0 Å². The van der Waals surface area contributed by atoms with Gasteiger partial charge in [0.2, 0.25) is 0 Å². The molecule has 4 N–H and O–H groups in total. The molecule has 0 radical (unpaired) electrons. The molecule has 0 aliphatic heterocycles. The van der Waals surface area contributed by atoms with Crippen molar-refractivity contribution >= 4 is 33.6 Å². The maximum atomic E-state index is 13.0. The lowest BCUT2D eigenvalue weighted by atomic mass is 10.0. The summed E-state index contributed by atoms with van der Waals surface area (Å²) in [6, 6.07) is 0.